The van der Waals surface area contributed by atoms with Gasteiger partial charge in [-0.1, -0.05) is 18.2 Å². The average molecular weight is 542 g/mol. The van der Waals surface area contributed by atoms with E-state index < -0.39 is 38.2 Å². The zero-order chi connectivity index (χ0) is 27.4. The lowest BCUT2D eigenvalue weighted by Crippen LogP contribution is -2.15. The second-order valence-corrected chi connectivity index (χ2v) is 9.19. The van der Waals surface area contributed by atoms with Gasteiger partial charge in [-0.2, -0.15) is 13.2 Å². The summed E-state index contributed by atoms with van der Waals surface area (Å²) in [6.07, 6.45) is -1.66. The molecule has 0 spiro atoms. The molecule has 198 valence electrons. The Morgan fingerprint density at radius 2 is 1.35 bits per heavy atom. The first-order chi connectivity index (χ1) is 17.4. The predicted octanol–water partition coefficient (Wildman–Crippen LogP) is 5.85. The van der Waals surface area contributed by atoms with Crippen LogP contribution in [0.5, 0.6) is 23.0 Å². The van der Waals surface area contributed by atoms with E-state index in [1.807, 2.05) is 0 Å². The van der Waals surface area contributed by atoms with Crippen molar-refractivity contribution in [3.8, 4) is 23.0 Å². The number of hydrogen-bond acceptors (Lipinski definition) is 6. The molecule has 0 aromatic heterocycles. The summed E-state index contributed by atoms with van der Waals surface area (Å²) >= 11 is 0. The number of ether oxygens (including phenoxy) is 4. The number of methoxy groups -OCH3 is 4. The van der Waals surface area contributed by atoms with Gasteiger partial charge in [-0.15, -0.1) is 0 Å². The van der Waals surface area contributed by atoms with Crippen LogP contribution >= 0.6 is 0 Å². The van der Waals surface area contributed by atoms with E-state index in [-0.39, 0.29) is 11.3 Å². The van der Waals surface area contributed by atoms with Crippen LogP contribution in [0, 0.1) is 5.82 Å². The second kappa shape index (κ2) is 11.0. The fourth-order valence-corrected chi connectivity index (χ4v) is 4.53. The lowest BCUT2D eigenvalue weighted by atomic mass is 10.1. The molecule has 7 nitrogen and oxygen atoms in total. The lowest BCUT2D eigenvalue weighted by molar-refractivity contribution is -0.137. The highest BCUT2D eigenvalue weighted by molar-refractivity contribution is 7.92. The summed E-state index contributed by atoms with van der Waals surface area (Å²) in [5.74, 6) is -0.172. The standard InChI is InChI=1S/C25H23F4NO6S/c1-33-21-12-16(13-22(34-2)24(21)36-4)9-8-15-10-19(26)23(35-3)20(11-15)30-37(31,32)18-7-5-6-17(14-18)25(27,28)29/h5-14,30H,1-4H3. The van der Waals surface area contributed by atoms with Crippen LogP contribution in [0.1, 0.15) is 16.7 Å². The summed E-state index contributed by atoms with van der Waals surface area (Å²) < 4.78 is 103. The van der Waals surface area contributed by atoms with E-state index in [0.29, 0.717) is 28.9 Å². The van der Waals surface area contributed by atoms with Crippen molar-refractivity contribution in [1.82, 2.24) is 0 Å². The van der Waals surface area contributed by atoms with Crippen molar-refractivity contribution in [1.29, 1.82) is 0 Å². The zero-order valence-electron chi connectivity index (χ0n) is 20.1. The van der Waals surface area contributed by atoms with Crippen LogP contribution in [0.2, 0.25) is 0 Å². The van der Waals surface area contributed by atoms with E-state index in [2.05, 4.69) is 4.72 Å². The summed E-state index contributed by atoms with van der Waals surface area (Å²) in [7, 11) is 0.966. The van der Waals surface area contributed by atoms with Crippen molar-refractivity contribution in [2.75, 3.05) is 33.2 Å². The first-order valence-corrected chi connectivity index (χ1v) is 12.0. The molecule has 12 heteroatoms. The molecule has 0 aliphatic rings. The van der Waals surface area contributed by atoms with Gasteiger partial charge in [-0.3, -0.25) is 4.72 Å². The van der Waals surface area contributed by atoms with Crippen molar-refractivity contribution >= 4 is 27.9 Å². The summed E-state index contributed by atoms with van der Waals surface area (Å²) in [6.45, 7) is 0. The number of sulfonamides is 1. The Balaban J connectivity index is 2.00. The van der Waals surface area contributed by atoms with Gasteiger partial charge < -0.3 is 18.9 Å². The van der Waals surface area contributed by atoms with Gasteiger partial charge in [0.05, 0.1) is 44.6 Å². The molecule has 0 heterocycles. The molecular formula is C25H23F4NO6S. The Morgan fingerprint density at radius 3 is 1.86 bits per heavy atom. The molecule has 3 aromatic rings. The lowest BCUT2D eigenvalue weighted by Gasteiger charge is -2.15. The van der Waals surface area contributed by atoms with E-state index in [9.17, 15) is 26.0 Å². The maximum absolute atomic E-state index is 14.8. The van der Waals surface area contributed by atoms with Gasteiger partial charge in [0, 0.05) is 0 Å². The van der Waals surface area contributed by atoms with E-state index in [1.165, 1.54) is 33.5 Å². The Morgan fingerprint density at radius 1 is 0.784 bits per heavy atom. The van der Waals surface area contributed by atoms with Crippen LogP contribution in [0.3, 0.4) is 0 Å². The number of hydrogen-bond donors (Lipinski definition) is 1. The number of benzene rings is 3. The Kier molecular flexibility index (Phi) is 8.22. The van der Waals surface area contributed by atoms with Crippen LogP contribution in [-0.4, -0.2) is 36.9 Å². The van der Waals surface area contributed by atoms with Gasteiger partial charge in [0.25, 0.3) is 10.0 Å². The highest BCUT2D eigenvalue weighted by atomic mass is 32.2. The van der Waals surface area contributed by atoms with Crippen LogP contribution < -0.4 is 23.7 Å². The third-order valence-corrected chi connectivity index (χ3v) is 6.50. The molecule has 0 bridgehead atoms. The van der Waals surface area contributed by atoms with Crippen LogP contribution in [-0.2, 0) is 16.2 Å². The number of anilines is 1. The second-order valence-electron chi connectivity index (χ2n) is 7.51. The molecule has 0 aliphatic heterocycles. The normalized spacial score (nSPS) is 11.9. The highest BCUT2D eigenvalue weighted by Crippen LogP contribution is 2.39. The van der Waals surface area contributed by atoms with Gasteiger partial charge in [0.1, 0.15) is 0 Å². The van der Waals surface area contributed by atoms with Gasteiger partial charge in [-0.25, -0.2) is 12.8 Å². The van der Waals surface area contributed by atoms with E-state index in [0.717, 1.165) is 31.4 Å². The fraction of sp³-hybridized carbons (Fsp3) is 0.200. The van der Waals surface area contributed by atoms with Crippen molar-refractivity contribution in [3.05, 3.63) is 71.0 Å². The molecule has 37 heavy (non-hydrogen) atoms. The SMILES string of the molecule is COc1cc(C=Cc2cc(F)c(OC)c(NS(=O)(=O)c3cccc(C(F)(F)F)c3)c2)cc(OC)c1OC. The molecule has 3 aromatic carbocycles. The van der Waals surface area contributed by atoms with Crippen molar-refractivity contribution in [2.24, 2.45) is 0 Å². The highest BCUT2D eigenvalue weighted by Gasteiger charge is 2.32. The first kappa shape index (κ1) is 27.7. The van der Waals surface area contributed by atoms with Crippen LogP contribution in [0.25, 0.3) is 12.2 Å². The first-order valence-electron chi connectivity index (χ1n) is 10.5. The molecule has 0 fully saturated rings. The molecule has 3 rings (SSSR count). The minimum atomic E-state index is -4.74. The summed E-state index contributed by atoms with van der Waals surface area (Å²) in [4.78, 5) is -0.650. The smallest absolute Gasteiger partial charge is 0.416 e. The Bertz CT molecular complexity index is 1400. The molecule has 0 amide bonds. The van der Waals surface area contributed by atoms with Crippen LogP contribution in [0.4, 0.5) is 23.2 Å². The molecule has 1 N–H and O–H groups in total. The van der Waals surface area contributed by atoms with E-state index in [1.54, 1.807) is 18.2 Å². The summed E-state index contributed by atoms with van der Waals surface area (Å²) in [5, 5.41) is 0. The minimum absolute atomic E-state index is 0.230. The van der Waals surface area contributed by atoms with Gasteiger partial charge in [0.2, 0.25) is 5.75 Å². The Hall–Kier alpha value is -3.93. The number of halogens is 4. The summed E-state index contributed by atoms with van der Waals surface area (Å²) in [6, 6.07) is 8.87. The number of alkyl halides is 3. The van der Waals surface area contributed by atoms with E-state index >= 15 is 0 Å². The molecular weight excluding hydrogens is 518 g/mol. The van der Waals surface area contributed by atoms with Crippen molar-refractivity contribution in [2.45, 2.75) is 11.1 Å². The van der Waals surface area contributed by atoms with Gasteiger partial charge in [-0.05, 0) is 53.6 Å². The summed E-state index contributed by atoms with van der Waals surface area (Å²) in [5.41, 5.74) is -0.620. The molecule has 0 unspecified atom stereocenters. The molecule has 0 atom stereocenters. The van der Waals surface area contributed by atoms with E-state index in [4.69, 9.17) is 18.9 Å². The molecule has 0 saturated heterocycles. The maximum atomic E-state index is 14.8. The molecule has 0 aliphatic carbocycles. The monoisotopic (exact) mass is 541 g/mol. The minimum Gasteiger partial charge on any atom is -0.493 e. The number of nitrogens with one attached hydrogen (secondary N) is 1. The fourth-order valence-electron chi connectivity index (χ4n) is 3.43. The molecule has 0 saturated carbocycles. The Labute approximate surface area is 211 Å². The topological polar surface area (TPSA) is 83.1 Å². The van der Waals surface area contributed by atoms with Gasteiger partial charge >= 0.3 is 6.18 Å². The third-order valence-electron chi connectivity index (χ3n) is 5.14. The zero-order valence-corrected chi connectivity index (χ0v) is 21.0. The average Bonchev–Trinajstić information content (AvgIpc) is 2.86. The van der Waals surface area contributed by atoms with Crippen LogP contribution in [0.15, 0.2) is 53.4 Å². The van der Waals surface area contributed by atoms with Crippen molar-refractivity contribution < 1.29 is 44.9 Å². The van der Waals surface area contributed by atoms with Gasteiger partial charge in [0.15, 0.2) is 23.1 Å². The predicted molar refractivity (Wildman–Crippen MR) is 130 cm³/mol. The third kappa shape index (κ3) is 6.26. The largest absolute Gasteiger partial charge is 0.493 e. The number of rotatable bonds is 9. The molecule has 0 radical (unpaired) electrons. The quantitative estimate of drug-likeness (QED) is 0.270. The maximum Gasteiger partial charge on any atom is 0.416 e. The van der Waals surface area contributed by atoms with Crippen molar-refractivity contribution in [3.63, 3.8) is 0 Å².